The number of esters is 1. The van der Waals surface area contributed by atoms with E-state index >= 15 is 0 Å². The Labute approximate surface area is 194 Å². The number of methoxy groups -OCH3 is 2. The van der Waals surface area contributed by atoms with Gasteiger partial charge in [-0.05, 0) is 36.1 Å². The number of hydrogen-bond acceptors (Lipinski definition) is 6. The van der Waals surface area contributed by atoms with Crippen LogP contribution in [-0.2, 0) is 20.7 Å². The van der Waals surface area contributed by atoms with Gasteiger partial charge in [-0.25, -0.2) is 0 Å². The van der Waals surface area contributed by atoms with Crippen molar-refractivity contribution in [3.8, 4) is 11.5 Å². The molecule has 2 unspecified atom stereocenters. The molecule has 2 aromatic rings. The van der Waals surface area contributed by atoms with Crippen molar-refractivity contribution in [3.63, 3.8) is 0 Å². The first-order valence-electron chi connectivity index (χ1n) is 11.2. The summed E-state index contributed by atoms with van der Waals surface area (Å²) in [5.41, 5.74) is 3.93. The van der Waals surface area contributed by atoms with Crippen LogP contribution in [0.4, 0.5) is 0 Å². The van der Waals surface area contributed by atoms with Gasteiger partial charge < -0.3 is 19.5 Å². The molecule has 4 rings (SSSR count). The van der Waals surface area contributed by atoms with Gasteiger partial charge in [0, 0.05) is 35.7 Å². The molecular weight excluding hydrogens is 418 g/mol. The molecule has 2 aliphatic rings. The smallest absolute Gasteiger partial charge is 0.315 e. The standard InChI is InChI=1S/C27H29NO5/c1-17-24(27(30)33-15-14-18-8-5-4-6-9-18)25(26-20(28-17)10-7-11-21(26)29)19-12-13-22(31-2)23(16-19)32-3/h4-6,8-9,12-13,16,24-25,28H,1,7,10-11,14-15H2,2-3H3. The first-order valence-corrected chi connectivity index (χ1v) is 11.2. The van der Waals surface area contributed by atoms with Crippen molar-refractivity contribution in [2.45, 2.75) is 31.6 Å². The average molecular weight is 448 g/mol. The van der Waals surface area contributed by atoms with Gasteiger partial charge >= 0.3 is 5.97 Å². The summed E-state index contributed by atoms with van der Waals surface area (Å²) in [6.45, 7) is 4.39. The molecule has 0 saturated carbocycles. The molecule has 0 saturated heterocycles. The maximum atomic E-state index is 13.3. The minimum Gasteiger partial charge on any atom is -0.493 e. The highest BCUT2D eigenvalue weighted by Gasteiger charge is 2.44. The summed E-state index contributed by atoms with van der Waals surface area (Å²) < 4.78 is 16.6. The molecule has 0 spiro atoms. The van der Waals surface area contributed by atoms with Crippen LogP contribution in [0.1, 0.15) is 36.3 Å². The average Bonchev–Trinajstić information content (AvgIpc) is 2.83. The molecule has 0 aromatic heterocycles. The van der Waals surface area contributed by atoms with Crippen molar-refractivity contribution in [3.05, 3.63) is 83.2 Å². The number of hydrogen-bond donors (Lipinski definition) is 1. The summed E-state index contributed by atoms with van der Waals surface area (Å²) in [4.78, 5) is 26.4. The normalized spacial score (nSPS) is 20.1. The summed E-state index contributed by atoms with van der Waals surface area (Å²) >= 11 is 0. The topological polar surface area (TPSA) is 73.9 Å². The number of ether oxygens (including phenoxy) is 3. The molecule has 0 radical (unpaired) electrons. The van der Waals surface area contributed by atoms with Crippen molar-refractivity contribution < 1.29 is 23.8 Å². The zero-order valence-electron chi connectivity index (χ0n) is 19.1. The molecule has 1 N–H and O–H groups in total. The van der Waals surface area contributed by atoms with Crippen LogP contribution in [0, 0.1) is 5.92 Å². The van der Waals surface area contributed by atoms with Crippen molar-refractivity contribution in [2.75, 3.05) is 20.8 Å². The third-order valence-electron chi connectivity index (χ3n) is 6.29. The number of allylic oxidation sites excluding steroid dienone is 2. The lowest BCUT2D eigenvalue weighted by molar-refractivity contribution is -0.147. The fraction of sp³-hybridized carbons (Fsp3) is 0.333. The van der Waals surface area contributed by atoms with Gasteiger partial charge in [-0.2, -0.15) is 0 Å². The molecular formula is C27H29NO5. The predicted octanol–water partition coefficient (Wildman–Crippen LogP) is 4.31. The summed E-state index contributed by atoms with van der Waals surface area (Å²) in [5, 5.41) is 3.25. The Bertz CT molecular complexity index is 1090. The maximum absolute atomic E-state index is 13.3. The number of carbonyl (C=O) groups excluding carboxylic acids is 2. The first kappa shape index (κ1) is 22.6. The molecule has 6 heteroatoms. The molecule has 2 atom stereocenters. The third kappa shape index (κ3) is 4.65. The lowest BCUT2D eigenvalue weighted by Crippen LogP contribution is -2.41. The van der Waals surface area contributed by atoms with Crippen LogP contribution < -0.4 is 14.8 Å². The number of carbonyl (C=O) groups is 2. The largest absolute Gasteiger partial charge is 0.493 e. The van der Waals surface area contributed by atoms with Gasteiger partial charge in [0.1, 0.15) is 5.92 Å². The number of Topliss-reactive ketones (excluding diaryl/α,β-unsaturated/α-hetero) is 1. The number of benzene rings is 2. The van der Waals surface area contributed by atoms with Gasteiger partial charge in [-0.15, -0.1) is 0 Å². The summed E-state index contributed by atoms with van der Waals surface area (Å²) in [5.74, 6) is -0.433. The van der Waals surface area contributed by atoms with Crippen molar-refractivity contribution in [1.29, 1.82) is 0 Å². The van der Waals surface area contributed by atoms with Crippen LogP contribution in [0.3, 0.4) is 0 Å². The van der Waals surface area contributed by atoms with E-state index in [2.05, 4.69) is 11.9 Å². The molecule has 2 aromatic carbocycles. The maximum Gasteiger partial charge on any atom is 0.315 e. The molecule has 1 aliphatic carbocycles. The fourth-order valence-electron chi connectivity index (χ4n) is 4.68. The van der Waals surface area contributed by atoms with Crippen LogP contribution in [-0.4, -0.2) is 32.6 Å². The molecule has 1 heterocycles. The lowest BCUT2D eigenvalue weighted by atomic mass is 9.71. The van der Waals surface area contributed by atoms with Crippen molar-refractivity contribution in [2.24, 2.45) is 5.92 Å². The lowest BCUT2D eigenvalue weighted by Gasteiger charge is -2.38. The van der Waals surface area contributed by atoms with E-state index < -0.39 is 17.8 Å². The second-order valence-corrected chi connectivity index (χ2v) is 8.29. The highest BCUT2D eigenvalue weighted by Crippen LogP contribution is 2.46. The van der Waals surface area contributed by atoms with Crippen LogP contribution >= 0.6 is 0 Å². The van der Waals surface area contributed by atoms with Crippen LogP contribution in [0.15, 0.2) is 72.1 Å². The van der Waals surface area contributed by atoms with Gasteiger partial charge in [0.05, 0.1) is 20.8 Å². The van der Waals surface area contributed by atoms with E-state index in [1.54, 1.807) is 20.3 Å². The van der Waals surface area contributed by atoms with E-state index in [-0.39, 0.29) is 12.4 Å². The Morgan fingerprint density at radius 1 is 1.06 bits per heavy atom. The number of ketones is 1. The summed E-state index contributed by atoms with van der Waals surface area (Å²) in [7, 11) is 3.14. The van der Waals surface area contributed by atoms with Gasteiger partial charge in [0.15, 0.2) is 17.3 Å². The monoisotopic (exact) mass is 447 g/mol. The van der Waals surface area contributed by atoms with E-state index in [4.69, 9.17) is 14.2 Å². The minimum absolute atomic E-state index is 0.0538. The summed E-state index contributed by atoms with van der Waals surface area (Å²) in [6.07, 6.45) is 2.61. The molecule has 33 heavy (non-hydrogen) atoms. The second kappa shape index (κ2) is 9.94. The van der Waals surface area contributed by atoms with Gasteiger partial charge in [-0.1, -0.05) is 43.0 Å². The van der Waals surface area contributed by atoms with Gasteiger partial charge in [0.25, 0.3) is 0 Å². The predicted molar refractivity (Wildman–Crippen MR) is 125 cm³/mol. The quantitative estimate of drug-likeness (QED) is 0.638. The highest BCUT2D eigenvalue weighted by atomic mass is 16.5. The van der Waals surface area contributed by atoms with Gasteiger partial charge in [0.2, 0.25) is 0 Å². The molecule has 0 bridgehead atoms. The Morgan fingerprint density at radius 3 is 2.55 bits per heavy atom. The molecule has 6 nitrogen and oxygen atoms in total. The van der Waals surface area contributed by atoms with E-state index in [0.29, 0.717) is 35.6 Å². The Balaban J connectivity index is 1.67. The molecule has 1 aliphatic heterocycles. The van der Waals surface area contributed by atoms with E-state index in [1.807, 2.05) is 42.5 Å². The Kier molecular flexibility index (Phi) is 6.82. The number of rotatable bonds is 7. The minimum atomic E-state index is -0.723. The zero-order valence-corrected chi connectivity index (χ0v) is 19.1. The number of nitrogens with one attached hydrogen (secondary N) is 1. The molecule has 172 valence electrons. The fourth-order valence-corrected chi connectivity index (χ4v) is 4.68. The van der Waals surface area contributed by atoms with E-state index in [1.165, 1.54) is 0 Å². The Hall–Kier alpha value is -3.54. The molecule has 0 amide bonds. The Morgan fingerprint density at radius 2 is 1.82 bits per heavy atom. The van der Waals surface area contributed by atoms with Crippen LogP contribution in [0.25, 0.3) is 0 Å². The zero-order chi connectivity index (χ0) is 23.4. The molecule has 0 fully saturated rings. The highest BCUT2D eigenvalue weighted by molar-refractivity contribution is 6.00. The summed E-state index contributed by atoms with van der Waals surface area (Å²) in [6, 6.07) is 15.4. The second-order valence-electron chi connectivity index (χ2n) is 8.29. The van der Waals surface area contributed by atoms with Crippen LogP contribution in [0.5, 0.6) is 11.5 Å². The third-order valence-corrected chi connectivity index (χ3v) is 6.29. The first-order chi connectivity index (χ1) is 16.0. The van der Waals surface area contributed by atoms with Crippen LogP contribution in [0.2, 0.25) is 0 Å². The van der Waals surface area contributed by atoms with Crippen molar-refractivity contribution in [1.82, 2.24) is 5.32 Å². The van der Waals surface area contributed by atoms with E-state index in [9.17, 15) is 9.59 Å². The van der Waals surface area contributed by atoms with E-state index in [0.717, 1.165) is 29.7 Å². The van der Waals surface area contributed by atoms with Gasteiger partial charge in [-0.3, -0.25) is 9.59 Å². The SMILES string of the molecule is C=C1NC2=C(C(=O)CCC2)C(c2ccc(OC)c(OC)c2)C1C(=O)OCCc1ccccc1. The van der Waals surface area contributed by atoms with Crippen molar-refractivity contribution >= 4 is 11.8 Å².